The minimum Gasteiger partial charge on any atom is -0.384 e. The molecule has 0 aliphatic carbocycles. The first-order chi connectivity index (χ1) is 6.06. The zero-order valence-electron chi connectivity index (χ0n) is 8.93. The van der Waals surface area contributed by atoms with E-state index in [2.05, 4.69) is 20.4 Å². The van der Waals surface area contributed by atoms with Crippen LogP contribution in [0, 0.1) is 5.41 Å². The van der Waals surface area contributed by atoms with E-state index in [1.807, 2.05) is 0 Å². The molecule has 1 aliphatic heterocycles. The van der Waals surface area contributed by atoms with Gasteiger partial charge in [0.15, 0.2) is 0 Å². The number of methoxy groups -OCH3 is 1. The van der Waals surface area contributed by atoms with Crippen LogP contribution in [0.3, 0.4) is 0 Å². The molecule has 0 saturated carbocycles. The normalized spacial score (nSPS) is 24.8. The molecule has 0 bridgehead atoms. The van der Waals surface area contributed by atoms with Gasteiger partial charge in [-0.25, -0.2) is 0 Å². The fraction of sp³-hybridized carbons (Fsp3) is 0.818. The second kappa shape index (κ2) is 4.25. The van der Waals surface area contributed by atoms with Gasteiger partial charge in [0.1, 0.15) is 0 Å². The van der Waals surface area contributed by atoms with Gasteiger partial charge in [-0.05, 0) is 12.8 Å². The number of rotatable bonds is 3. The van der Waals surface area contributed by atoms with Gasteiger partial charge in [-0.15, -0.1) is 0 Å². The molecule has 0 amide bonds. The summed E-state index contributed by atoms with van der Waals surface area (Å²) in [5.74, 6) is 0. The van der Waals surface area contributed by atoms with E-state index in [-0.39, 0.29) is 11.5 Å². The van der Waals surface area contributed by atoms with Gasteiger partial charge in [0.25, 0.3) is 0 Å². The Labute approximate surface area is 80.9 Å². The summed E-state index contributed by atoms with van der Waals surface area (Å²) in [6.07, 6.45) is 2.27. The second-order valence-electron chi connectivity index (χ2n) is 4.49. The molecule has 0 radical (unpaired) electrons. The zero-order chi connectivity index (χ0) is 9.90. The van der Waals surface area contributed by atoms with E-state index in [1.165, 1.54) is 5.57 Å². The summed E-state index contributed by atoms with van der Waals surface area (Å²) in [6, 6.07) is 0. The van der Waals surface area contributed by atoms with Crippen molar-refractivity contribution >= 4 is 0 Å². The first-order valence-corrected chi connectivity index (χ1v) is 4.83. The van der Waals surface area contributed by atoms with E-state index in [9.17, 15) is 0 Å². The fourth-order valence-electron chi connectivity index (χ4n) is 1.74. The van der Waals surface area contributed by atoms with Gasteiger partial charge in [-0.1, -0.05) is 26.0 Å². The second-order valence-corrected chi connectivity index (χ2v) is 4.49. The first-order valence-electron chi connectivity index (χ1n) is 4.83. The molecule has 13 heavy (non-hydrogen) atoms. The van der Waals surface area contributed by atoms with Crippen LogP contribution in [0.5, 0.6) is 0 Å². The Balaban J connectivity index is 2.53. The Morgan fingerprint density at radius 3 is 2.85 bits per heavy atom. The lowest BCUT2D eigenvalue weighted by atomic mass is 9.82. The maximum atomic E-state index is 5.72. The first kappa shape index (κ1) is 10.7. The average molecular weight is 184 g/mol. The van der Waals surface area contributed by atoms with Crippen LogP contribution in [0.25, 0.3) is 0 Å². The van der Waals surface area contributed by atoms with Crippen molar-refractivity contribution < 1.29 is 9.47 Å². The Bertz CT molecular complexity index is 185. The third-order valence-electron chi connectivity index (χ3n) is 2.64. The van der Waals surface area contributed by atoms with Crippen LogP contribution in [-0.2, 0) is 9.47 Å². The zero-order valence-corrected chi connectivity index (χ0v) is 8.93. The highest BCUT2D eigenvalue weighted by Gasteiger charge is 2.32. The van der Waals surface area contributed by atoms with Crippen molar-refractivity contribution in [3.05, 3.63) is 12.2 Å². The van der Waals surface area contributed by atoms with Gasteiger partial charge < -0.3 is 9.47 Å². The largest absolute Gasteiger partial charge is 0.384 e. The quantitative estimate of drug-likeness (QED) is 0.627. The van der Waals surface area contributed by atoms with Crippen LogP contribution in [0.1, 0.15) is 26.7 Å². The average Bonchev–Trinajstić information content (AvgIpc) is 2.04. The highest BCUT2D eigenvalue weighted by molar-refractivity contribution is 5.02. The molecule has 1 fully saturated rings. The topological polar surface area (TPSA) is 18.5 Å². The van der Waals surface area contributed by atoms with Crippen LogP contribution < -0.4 is 0 Å². The third-order valence-corrected chi connectivity index (χ3v) is 2.64. The predicted octanol–water partition coefficient (Wildman–Crippen LogP) is 2.39. The van der Waals surface area contributed by atoms with Crippen LogP contribution in [0.2, 0.25) is 0 Å². The minimum atomic E-state index is 0.0953. The molecule has 0 N–H and O–H groups in total. The molecule has 1 unspecified atom stereocenters. The molecule has 0 aromatic heterocycles. The molecule has 1 rings (SSSR count). The number of ether oxygens (including phenoxy) is 2. The van der Waals surface area contributed by atoms with Gasteiger partial charge in [-0.2, -0.15) is 0 Å². The summed E-state index contributed by atoms with van der Waals surface area (Å²) in [5.41, 5.74) is 1.40. The molecule has 76 valence electrons. The van der Waals surface area contributed by atoms with E-state index in [0.29, 0.717) is 0 Å². The van der Waals surface area contributed by atoms with Crippen molar-refractivity contribution in [2.75, 3.05) is 20.3 Å². The van der Waals surface area contributed by atoms with Gasteiger partial charge in [0.2, 0.25) is 0 Å². The van der Waals surface area contributed by atoms with Crippen LogP contribution >= 0.6 is 0 Å². The Morgan fingerprint density at radius 1 is 1.62 bits per heavy atom. The summed E-state index contributed by atoms with van der Waals surface area (Å²) in [7, 11) is 1.74. The molecule has 1 aliphatic rings. The third kappa shape index (κ3) is 2.82. The Morgan fingerprint density at radius 2 is 2.31 bits per heavy atom. The predicted molar refractivity (Wildman–Crippen MR) is 53.8 cm³/mol. The molecule has 1 saturated heterocycles. The van der Waals surface area contributed by atoms with Crippen molar-refractivity contribution in [3.63, 3.8) is 0 Å². The number of hydrogen-bond donors (Lipinski definition) is 0. The van der Waals surface area contributed by atoms with Crippen molar-refractivity contribution in [1.82, 2.24) is 0 Å². The van der Waals surface area contributed by atoms with Gasteiger partial charge in [-0.3, -0.25) is 0 Å². The maximum Gasteiger partial charge on any atom is 0.0685 e. The lowest BCUT2D eigenvalue weighted by molar-refractivity contribution is -0.0672. The van der Waals surface area contributed by atoms with Crippen molar-refractivity contribution in [1.29, 1.82) is 0 Å². The van der Waals surface area contributed by atoms with E-state index in [4.69, 9.17) is 9.47 Å². The molecular weight excluding hydrogens is 164 g/mol. The summed E-state index contributed by atoms with van der Waals surface area (Å²) >= 11 is 0. The van der Waals surface area contributed by atoms with E-state index in [1.54, 1.807) is 7.11 Å². The molecule has 1 heterocycles. The van der Waals surface area contributed by atoms with Gasteiger partial charge in [0, 0.05) is 12.5 Å². The summed E-state index contributed by atoms with van der Waals surface area (Å²) in [4.78, 5) is 0. The van der Waals surface area contributed by atoms with E-state index in [0.717, 1.165) is 26.1 Å². The van der Waals surface area contributed by atoms with E-state index < -0.39 is 0 Å². The summed E-state index contributed by atoms with van der Waals surface area (Å²) in [6.45, 7) is 9.94. The van der Waals surface area contributed by atoms with Crippen LogP contribution in [0.4, 0.5) is 0 Å². The highest BCUT2D eigenvalue weighted by Crippen LogP contribution is 2.32. The van der Waals surface area contributed by atoms with Gasteiger partial charge >= 0.3 is 0 Å². The molecule has 0 spiro atoms. The van der Waals surface area contributed by atoms with Crippen molar-refractivity contribution in [2.24, 2.45) is 5.41 Å². The van der Waals surface area contributed by atoms with Gasteiger partial charge in [0.05, 0.1) is 19.3 Å². The SMILES string of the molecule is C=C1CCOC(C(C)(C)COC)C1. The fourth-order valence-corrected chi connectivity index (χ4v) is 1.74. The summed E-state index contributed by atoms with van der Waals surface area (Å²) < 4.78 is 10.9. The molecule has 0 aromatic rings. The molecule has 2 heteroatoms. The molecule has 0 aromatic carbocycles. The molecule has 2 nitrogen and oxygen atoms in total. The van der Waals surface area contributed by atoms with Crippen molar-refractivity contribution in [2.45, 2.75) is 32.8 Å². The standard InChI is InChI=1S/C11H20O2/c1-9-5-6-13-10(7-9)11(2,3)8-12-4/h10H,1,5-8H2,2-4H3. The lowest BCUT2D eigenvalue weighted by Gasteiger charge is -2.36. The van der Waals surface area contributed by atoms with Crippen LogP contribution in [-0.4, -0.2) is 26.4 Å². The summed E-state index contributed by atoms with van der Waals surface area (Å²) in [5, 5.41) is 0. The minimum absolute atomic E-state index is 0.0953. The smallest absolute Gasteiger partial charge is 0.0685 e. The molecular formula is C11H20O2. The monoisotopic (exact) mass is 184 g/mol. The Kier molecular flexibility index (Phi) is 3.51. The van der Waals surface area contributed by atoms with Crippen LogP contribution in [0.15, 0.2) is 12.2 Å². The maximum absolute atomic E-state index is 5.72. The van der Waals surface area contributed by atoms with E-state index >= 15 is 0 Å². The molecule has 1 atom stereocenters. The van der Waals surface area contributed by atoms with Crippen molar-refractivity contribution in [3.8, 4) is 0 Å². The highest BCUT2D eigenvalue weighted by atomic mass is 16.5. The number of hydrogen-bond acceptors (Lipinski definition) is 2. The Hall–Kier alpha value is -0.340. The lowest BCUT2D eigenvalue weighted by Crippen LogP contribution is -2.38.